The van der Waals surface area contributed by atoms with E-state index in [0.29, 0.717) is 22.9 Å². The van der Waals surface area contributed by atoms with E-state index in [0.717, 1.165) is 31.4 Å². The highest BCUT2D eigenvalue weighted by Crippen LogP contribution is 2.39. The molecule has 1 aliphatic carbocycles. The summed E-state index contributed by atoms with van der Waals surface area (Å²) in [6, 6.07) is 8.43. The average molecular weight is 373 g/mol. The van der Waals surface area contributed by atoms with Crippen molar-refractivity contribution in [1.82, 2.24) is 4.72 Å². The summed E-state index contributed by atoms with van der Waals surface area (Å²) in [6.45, 7) is 0.482. The second-order valence-corrected chi connectivity index (χ2v) is 8.87. The Labute approximate surface area is 153 Å². The van der Waals surface area contributed by atoms with Gasteiger partial charge >= 0.3 is 0 Å². The monoisotopic (exact) mass is 373 g/mol. The molecule has 0 aromatic heterocycles. The van der Waals surface area contributed by atoms with E-state index in [4.69, 9.17) is 5.73 Å². The van der Waals surface area contributed by atoms with E-state index >= 15 is 0 Å². The molecule has 0 spiro atoms. The summed E-state index contributed by atoms with van der Waals surface area (Å²) in [7, 11) is -2.00. The number of rotatable bonds is 4. The lowest BCUT2D eigenvalue weighted by atomic mass is 9.85. The minimum atomic E-state index is -3.71. The van der Waals surface area contributed by atoms with Gasteiger partial charge in [0.15, 0.2) is 0 Å². The topological polar surface area (TPSA) is 92.5 Å². The predicted molar refractivity (Wildman–Crippen MR) is 102 cm³/mol. The Morgan fingerprint density at radius 1 is 1.19 bits per heavy atom. The summed E-state index contributed by atoms with van der Waals surface area (Å²) in [5, 5.41) is 1.30. The summed E-state index contributed by atoms with van der Waals surface area (Å²) in [5.74, 6) is 0.0617. The lowest BCUT2D eigenvalue weighted by Gasteiger charge is -2.31. The van der Waals surface area contributed by atoms with Crippen molar-refractivity contribution in [2.24, 2.45) is 11.7 Å². The van der Waals surface area contributed by atoms with Gasteiger partial charge in [-0.3, -0.25) is 4.79 Å². The fraction of sp³-hybridized carbons (Fsp3) is 0.421. The Morgan fingerprint density at radius 2 is 1.96 bits per heavy atom. The van der Waals surface area contributed by atoms with Crippen LogP contribution in [0.5, 0.6) is 0 Å². The lowest BCUT2D eigenvalue weighted by Crippen LogP contribution is -2.44. The molecule has 1 aliphatic heterocycles. The van der Waals surface area contributed by atoms with Gasteiger partial charge in [0.05, 0.1) is 10.6 Å². The van der Waals surface area contributed by atoms with Crippen LogP contribution in [0.2, 0.25) is 0 Å². The van der Waals surface area contributed by atoms with E-state index in [2.05, 4.69) is 4.72 Å². The van der Waals surface area contributed by atoms with Crippen LogP contribution >= 0.6 is 0 Å². The average Bonchev–Trinajstić information content (AvgIpc) is 2.89. The van der Waals surface area contributed by atoms with Crippen molar-refractivity contribution in [3.8, 4) is 0 Å². The number of amides is 1. The molecule has 0 saturated heterocycles. The molecular weight excluding hydrogens is 350 g/mol. The maximum absolute atomic E-state index is 13.1. The van der Waals surface area contributed by atoms with Gasteiger partial charge in [-0.15, -0.1) is 0 Å². The molecule has 26 heavy (non-hydrogen) atoms. The van der Waals surface area contributed by atoms with Gasteiger partial charge in [-0.25, -0.2) is 13.1 Å². The normalized spacial score (nSPS) is 23.0. The number of carbonyl (C=O) groups is 1. The first-order chi connectivity index (χ1) is 12.4. The smallest absolute Gasteiger partial charge is 0.258 e. The molecule has 1 amide bonds. The molecule has 1 heterocycles. The Bertz CT molecular complexity index is 987. The van der Waals surface area contributed by atoms with Crippen LogP contribution in [0.25, 0.3) is 10.8 Å². The molecule has 0 radical (unpaired) electrons. The maximum Gasteiger partial charge on any atom is 0.258 e. The van der Waals surface area contributed by atoms with Gasteiger partial charge in [0.1, 0.15) is 0 Å². The molecule has 2 atom stereocenters. The Hall–Kier alpha value is -1.96. The van der Waals surface area contributed by atoms with Crippen molar-refractivity contribution in [3.63, 3.8) is 0 Å². The number of carbonyl (C=O) groups excluding carboxylic acids is 1. The zero-order valence-electron chi connectivity index (χ0n) is 14.7. The van der Waals surface area contributed by atoms with Crippen molar-refractivity contribution < 1.29 is 13.2 Å². The largest absolute Gasteiger partial charge is 0.330 e. The first kappa shape index (κ1) is 17.5. The highest BCUT2D eigenvalue weighted by molar-refractivity contribution is 7.89. The Kier molecular flexibility index (Phi) is 4.25. The molecule has 2 aromatic rings. The molecule has 2 aromatic carbocycles. The van der Waals surface area contributed by atoms with Crippen LogP contribution in [-0.2, 0) is 10.0 Å². The highest BCUT2D eigenvalue weighted by atomic mass is 32.2. The highest BCUT2D eigenvalue weighted by Gasteiger charge is 2.32. The number of nitrogens with zero attached hydrogens (tertiary/aromatic N) is 1. The summed E-state index contributed by atoms with van der Waals surface area (Å²) >= 11 is 0. The van der Waals surface area contributed by atoms with Gasteiger partial charge < -0.3 is 10.6 Å². The van der Waals surface area contributed by atoms with Gasteiger partial charge in [0, 0.05) is 29.4 Å². The number of anilines is 1. The molecule has 3 N–H and O–H groups in total. The van der Waals surface area contributed by atoms with Gasteiger partial charge in [0.2, 0.25) is 10.0 Å². The number of hydrogen-bond acceptors (Lipinski definition) is 4. The third-order valence-electron chi connectivity index (χ3n) is 5.68. The number of benzene rings is 2. The van der Waals surface area contributed by atoms with Gasteiger partial charge in [0.25, 0.3) is 5.91 Å². The second-order valence-electron chi connectivity index (χ2n) is 7.18. The number of nitrogens with one attached hydrogen (secondary N) is 1. The van der Waals surface area contributed by atoms with Crippen LogP contribution < -0.4 is 15.4 Å². The molecule has 6 nitrogen and oxygen atoms in total. The van der Waals surface area contributed by atoms with Crippen LogP contribution in [0, 0.1) is 5.92 Å². The van der Waals surface area contributed by atoms with Crippen molar-refractivity contribution in [1.29, 1.82) is 0 Å². The number of nitrogens with two attached hydrogens (primary N) is 1. The van der Waals surface area contributed by atoms with Crippen LogP contribution in [0.4, 0.5) is 5.69 Å². The number of hydrogen-bond donors (Lipinski definition) is 2. The van der Waals surface area contributed by atoms with Crippen LogP contribution in [0.3, 0.4) is 0 Å². The van der Waals surface area contributed by atoms with E-state index in [-0.39, 0.29) is 22.8 Å². The SMILES string of the molecule is CN1C(=O)c2cccc3c(S(=O)(=O)NC4CCCCC4CN)ccc1c23. The Balaban J connectivity index is 1.79. The van der Waals surface area contributed by atoms with Crippen LogP contribution in [0.1, 0.15) is 36.0 Å². The van der Waals surface area contributed by atoms with Crippen molar-refractivity contribution >= 4 is 32.4 Å². The van der Waals surface area contributed by atoms with Gasteiger partial charge in [-0.1, -0.05) is 25.0 Å². The van der Waals surface area contributed by atoms with E-state index in [9.17, 15) is 13.2 Å². The fourth-order valence-electron chi connectivity index (χ4n) is 4.25. The molecule has 138 valence electrons. The minimum absolute atomic E-state index is 0.108. The first-order valence-corrected chi connectivity index (χ1v) is 10.5. The van der Waals surface area contributed by atoms with Gasteiger partial charge in [-0.2, -0.15) is 0 Å². The van der Waals surface area contributed by atoms with Crippen molar-refractivity contribution in [2.75, 3.05) is 18.5 Å². The van der Waals surface area contributed by atoms with Crippen LogP contribution in [0.15, 0.2) is 35.2 Å². The van der Waals surface area contributed by atoms with Gasteiger partial charge in [-0.05, 0) is 43.5 Å². The maximum atomic E-state index is 13.1. The summed E-state index contributed by atoms with van der Waals surface area (Å²) in [5.41, 5.74) is 7.14. The van der Waals surface area contributed by atoms with E-state index in [1.807, 2.05) is 0 Å². The molecule has 1 saturated carbocycles. The lowest BCUT2D eigenvalue weighted by molar-refractivity contribution is 0.0999. The van der Waals surface area contributed by atoms with E-state index in [1.54, 1.807) is 42.3 Å². The zero-order chi connectivity index (χ0) is 18.5. The summed E-state index contributed by atoms with van der Waals surface area (Å²) < 4.78 is 29.1. The van der Waals surface area contributed by atoms with E-state index in [1.165, 1.54) is 0 Å². The number of sulfonamides is 1. The van der Waals surface area contributed by atoms with Crippen molar-refractivity contribution in [3.05, 3.63) is 35.9 Å². The molecule has 2 unspecified atom stereocenters. The third kappa shape index (κ3) is 2.62. The Morgan fingerprint density at radius 3 is 2.73 bits per heavy atom. The molecular formula is C19H23N3O3S. The zero-order valence-corrected chi connectivity index (χ0v) is 15.6. The summed E-state index contributed by atoms with van der Waals surface area (Å²) in [4.78, 5) is 14.2. The summed E-state index contributed by atoms with van der Waals surface area (Å²) in [6.07, 6.45) is 3.86. The first-order valence-electron chi connectivity index (χ1n) is 9.00. The molecule has 2 aliphatic rings. The quantitative estimate of drug-likeness (QED) is 0.859. The molecule has 0 bridgehead atoms. The molecule has 7 heteroatoms. The fourth-order valence-corrected chi connectivity index (χ4v) is 5.79. The van der Waals surface area contributed by atoms with Crippen LogP contribution in [-0.4, -0.2) is 34.0 Å². The third-order valence-corrected chi connectivity index (χ3v) is 7.23. The minimum Gasteiger partial charge on any atom is -0.330 e. The molecule has 1 fully saturated rings. The van der Waals surface area contributed by atoms with Crippen molar-refractivity contribution in [2.45, 2.75) is 36.6 Å². The van der Waals surface area contributed by atoms with E-state index < -0.39 is 10.0 Å². The molecule has 4 rings (SSSR count). The second kappa shape index (κ2) is 6.33. The standard InChI is InChI=1S/C19H23N3O3S/c1-22-16-9-10-17(13-6-4-7-14(18(13)16)19(22)23)26(24,25)21-15-8-3-2-5-12(15)11-20/h4,6-7,9-10,12,15,21H,2-3,5,8,11,20H2,1H3. The predicted octanol–water partition coefficient (Wildman–Crippen LogP) is 2.23.